The Morgan fingerprint density at radius 3 is 2.37 bits per heavy atom. The Morgan fingerprint density at radius 2 is 1.81 bits per heavy atom. The van der Waals surface area contributed by atoms with Gasteiger partial charge in [0.25, 0.3) is 0 Å². The third kappa shape index (κ3) is 8.03. The number of pyridine rings is 1. The molecule has 0 aliphatic carbocycles. The monoisotopic (exact) mass is 484 g/mol. The maximum absolute atomic E-state index is 5.84. The number of hydrogen-bond donors (Lipinski definition) is 2. The molecule has 0 amide bonds. The SMILES string of the molecule is CCOc1ccccc1Oc1ccc(CNC(=NC)NC(C)(C)C)cn1.I. The van der Waals surface area contributed by atoms with E-state index in [-0.39, 0.29) is 29.5 Å². The van der Waals surface area contributed by atoms with E-state index in [1.807, 2.05) is 43.3 Å². The van der Waals surface area contributed by atoms with Crippen LogP contribution in [0.2, 0.25) is 0 Å². The number of para-hydroxylation sites is 2. The maximum atomic E-state index is 5.84. The molecule has 0 radical (unpaired) electrons. The van der Waals surface area contributed by atoms with Crippen LogP contribution in [0.3, 0.4) is 0 Å². The standard InChI is InChI=1S/C20H28N4O2.HI/c1-6-25-16-9-7-8-10-17(16)26-18-12-11-15(13-22-18)14-23-19(21-5)24-20(2,3)4;/h7-13H,6,14H2,1-5H3,(H2,21,23,24);1H. The molecule has 0 aliphatic heterocycles. The lowest BCUT2D eigenvalue weighted by Gasteiger charge is -2.23. The molecule has 7 heteroatoms. The van der Waals surface area contributed by atoms with E-state index in [0.29, 0.717) is 30.5 Å². The zero-order valence-electron chi connectivity index (χ0n) is 16.6. The van der Waals surface area contributed by atoms with Crippen LogP contribution in [-0.4, -0.2) is 30.1 Å². The molecule has 0 fully saturated rings. The van der Waals surface area contributed by atoms with Crippen molar-refractivity contribution >= 4 is 29.9 Å². The van der Waals surface area contributed by atoms with Gasteiger partial charge in [0, 0.05) is 31.4 Å². The quantitative estimate of drug-likeness (QED) is 0.363. The number of hydrogen-bond acceptors (Lipinski definition) is 4. The summed E-state index contributed by atoms with van der Waals surface area (Å²) in [6.07, 6.45) is 1.79. The predicted molar refractivity (Wildman–Crippen MR) is 120 cm³/mol. The largest absolute Gasteiger partial charge is 0.490 e. The van der Waals surface area contributed by atoms with Crippen LogP contribution in [0.4, 0.5) is 0 Å². The molecule has 0 saturated heterocycles. The highest BCUT2D eigenvalue weighted by molar-refractivity contribution is 14.0. The number of nitrogens with zero attached hydrogens (tertiary/aromatic N) is 2. The lowest BCUT2D eigenvalue weighted by Crippen LogP contribution is -2.47. The number of rotatable bonds is 6. The first-order valence-corrected chi connectivity index (χ1v) is 8.74. The number of guanidine groups is 1. The molecule has 0 unspecified atom stereocenters. The highest BCUT2D eigenvalue weighted by Gasteiger charge is 2.11. The van der Waals surface area contributed by atoms with Gasteiger partial charge in [0.05, 0.1) is 6.61 Å². The third-order valence-corrected chi connectivity index (χ3v) is 3.34. The summed E-state index contributed by atoms with van der Waals surface area (Å²) < 4.78 is 11.4. The Morgan fingerprint density at radius 1 is 1.11 bits per heavy atom. The Bertz CT molecular complexity index is 728. The van der Waals surface area contributed by atoms with Gasteiger partial charge in [-0.3, -0.25) is 4.99 Å². The fourth-order valence-corrected chi connectivity index (χ4v) is 2.22. The molecule has 1 aromatic heterocycles. The van der Waals surface area contributed by atoms with Crippen molar-refractivity contribution in [1.82, 2.24) is 15.6 Å². The van der Waals surface area contributed by atoms with Crippen molar-refractivity contribution < 1.29 is 9.47 Å². The van der Waals surface area contributed by atoms with Gasteiger partial charge in [-0.15, -0.1) is 24.0 Å². The van der Waals surface area contributed by atoms with Crippen molar-refractivity contribution in [2.75, 3.05) is 13.7 Å². The summed E-state index contributed by atoms with van der Waals surface area (Å²) in [6, 6.07) is 11.4. The van der Waals surface area contributed by atoms with Crippen LogP contribution in [-0.2, 0) is 6.54 Å². The van der Waals surface area contributed by atoms with E-state index in [1.165, 1.54) is 0 Å². The van der Waals surface area contributed by atoms with Gasteiger partial charge in [-0.05, 0) is 45.4 Å². The minimum Gasteiger partial charge on any atom is -0.490 e. The van der Waals surface area contributed by atoms with Crippen LogP contribution >= 0.6 is 24.0 Å². The first-order chi connectivity index (χ1) is 12.4. The number of nitrogens with one attached hydrogen (secondary N) is 2. The molecule has 27 heavy (non-hydrogen) atoms. The van der Waals surface area contributed by atoms with Gasteiger partial charge in [-0.1, -0.05) is 18.2 Å². The minimum atomic E-state index is -0.0499. The lowest BCUT2D eigenvalue weighted by atomic mass is 10.1. The van der Waals surface area contributed by atoms with Crippen LogP contribution in [0.5, 0.6) is 17.4 Å². The van der Waals surface area contributed by atoms with Gasteiger partial charge in [-0.25, -0.2) is 4.98 Å². The molecule has 0 spiro atoms. The van der Waals surface area contributed by atoms with Crippen molar-refractivity contribution in [3.8, 4) is 17.4 Å². The van der Waals surface area contributed by atoms with Gasteiger partial charge < -0.3 is 20.1 Å². The fourth-order valence-electron chi connectivity index (χ4n) is 2.22. The maximum Gasteiger partial charge on any atom is 0.219 e. The van der Waals surface area contributed by atoms with Gasteiger partial charge in [0.2, 0.25) is 5.88 Å². The number of halogens is 1. The summed E-state index contributed by atoms with van der Waals surface area (Å²) in [7, 11) is 1.76. The fraction of sp³-hybridized carbons (Fsp3) is 0.400. The molecule has 1 aromatic carbocycles. The molecular weight excluding hydrogens is 455 g/mol. The van der Waals surface area contributed by atoms with E-state index in [0.717, 1.165) is 11.5 Å². The van der Waals surface area contributed by atoms with Crippen molar-refractivity contribution in [1.29, 1.82) is 0 Å². The molecule has 2 aromatic rings. The van der Waals surface area contributed by atoms with E-state index in [9.17, 15) is 0 Å². The average Bonchev–Trinajstić information content (AvgIpc) is 2.61. The van der Waals surface area contributed by atoms with Gasteiger partial charge in [-0.2, -0.15) is 0 Å². The van der Waals surface area contributed by atoms with Crippen molar-refractivity contribution in [3.05, 3.63) is 48.2 Å². The smallest absolute Gasteiger partial charge is 0.219 e. The summed E-state index contributed by atoms with van der Waals surface area (Å²) in [5.41, 5.74) is 0.985. The second-order valence-electron chi connectivity index (χ2n) is 6.79. The molecule has 148 valence electrons. The second kappa shape index (κ2) is 11.0. The predicted octanol–water partition coefficient (Wildman–Crippen LogP) is 4.35. The Hall–Kier alpha value is -2.03. The topological polar surface area (TPSA) is 67.8 Å². The van der Waals surface area contributed by atoms with Crippen molar-refractivity contribution in [2.24, 2.45) is 4.99 Å². The highest BCUT2D eigenvalue weighted by Crippen LogP contribution is 2.30. The molecule has 0 atom stereocenters. The van der Waals surface area contributed by atoms with Gasteiger partial charge in [0.15, 0.2) is 17.5 Å². The van der Waals surface area contributed by atoms with Crippen LogP contribution in [0.15, 0.2) is 47.6 Å². The third-order valence-electron chi connectivity index (χ3n) is 3.34. The van der Waals surface area contributed by atoms with Gasteiger partial charge in [0.1, 0.15) is 0 Å². The van der Waals surface area contributed by atoms with Crippen LogP contribution in [0, 0.1) is 0 Å². The zero-order chi connectivity index (χ0) is 19.0. The molecule has 0 bridgehead atoms. The summed E-state index contributed by atoms with van der Waals surface area (Å²) >= 11 is 0. The van der Waals surface area contributed by atoms with Crippen molar-refractivity contribution in [2.45, 2.75) is 39.8 Å². The van der Waals surface area contributed by atoms with Crippen LogP contribution in [0.25, 0.3) is 0 Å². The molecule has 0 aliphatic rings. The first kappa shape index (κ1) is 23.0. The molecule has 6 nitrogen and oxygen atoms in total. The van der Waals surface area contributed by atoms with Crippen LogP contribution < -0.4 is 20.1 Å². The lowest BCUT2D eigenvalue weighted by molar-refractivity contribution is 0.319. The van der Waals surface area contributed by atoms with E-state index >= 15 is 0 Å². The van der Waals surface area contributed by atoms with Crippen LogP contribution in [0.1, 0.15) is 33.3 Å². The summed E-state index contributed by atoms with van der Waals surface area (Å²) in [5, 5.41) is 6.59. The first-order valence-electron chi connectivity index (χ1n) is 8.74. The van der Waals surface area contributed by atoms with E-state index < -0.39 is 0 Å². The minimum absolute atomic E-state index is 0. The molecular formula is C20H29IN4O2. The Balaban J connectivity index is 0.00000364. The Kier molecular flexibility index (Phi) is 9.34. The van der Waals surface area contributed by atoms with E-state index in [1.54, 1.807) is 13.2 Å². The Labute approximate surface area is 178 Å². The number of aliphatic imine (C=N–C) groups is 1. The number of aromatic nitrogens is 1. The second-order valence-corrected chi connectivity index (χ2v) is 6.79. The highest BCUT2D eigenvalue weighted by atomic mass is 127. The van der Waals surface area contributed by atoms with Gasteiger partial charge >= 0.3 is 0 Å². The normalized spacial score (nSPS) is 11.4. The molecule has 1 heterocycles. The molecule has 0 saturated carbocycles. The average molecular weight is 484 g/mol. The summed E-state index contributed by atoms with van der Waals surface area (Å²) in [5.74, 6) is 2.64. The van der Waals surface area contributed by atoms with E-state index in [2.05, 4.69) is 41.4 Å². The zero-order valence-corrected chi connectivity index (χ0v) is 18.9. The molecule has 2 N–H and O–H groups in total. The van der Waals surface area contributed by atoms with E-state index in [4.69, 9.17) is 9.47 Å². The number of ether oxygens (including phenoxy) is 2. The summed E-state index contributed by atoms with van der Waals surface area (Å²) in [6.45, 7) is 9.43. The van der Waals surface area contributed by atoms with Crippen molar-refractivity contribution in [3.63, 3.8) is 0 Å². The summed E-state index contributed by atoms with van der Waals surface area (Å²) in [4.78, 5) is 8.60. The molecule has 2 rings (SSSR count). The number of benzene rings is 1.